The summed E-state index contributed by atoms with van der Waals surface area (Å²) in [6.45, 7) is 0.955. The SMILES string of the molecule is O=[SiH2].OCC1CO1. The topological polar surface area (TPSA) is 49.8 Å². The molecule has 1 aliphatic heterocycles. The lowest BCUT2D eigenvalue weighted by molar-refractivity contribution is 0.244. The van der Waals surface area contributed by atoms with Gasteiger partial charge in [-0.15, -0.1) is 0 Å². The van der Waals surface area contributed by atoms with Crippen molar-refractivity contribution in [2.24, 2.45) is 0 Å². The molecule has 0 bridgehead atoms. The lowest BCUT2D eigenvalue weighted by Gasteiger charge is -1.70. The van der Waals surface area contributed by atoms with Crippen LogP contribution in [-0.4, -0.2) is 34.6 Å². The second kappa shape index (κ2) is 4.11. The normalized spacial score (nSPS) is 25.0. The van der Waals surface area contributed by atoms with Crippen LogP contribution >= 0.6 is 0 Å². The van der Waals surface area contributed by atoms with Gasteiger partial charge in [0.2, 0.25) is 10.1 Å². The highest BCUT2D eigenvalue weighted by Crippen LogP contribution is 2.04. The highest BCUT2D eigenvalue weighted by molar-refractivity contribution is 5.85. The number of ether oxygens (including phenoxy) is 1. The number of epoxide rings is 1. The van der Waals surface area contributed by atoms with Crippen molar-refractivity contribution in [1.82, 2.24) is 0 Å². The number of aliphatic hydroxyl groups is 1. The first kappa shape index (κ1) is 6.94. The fourth-order valence-electron chi connectivity index (χ4n) is 0.173. The molecular weight excluding hydrogens is 112 g/mol. The zero-order valence-electron chi connectivity index (χ0n) is 3.96. The van der Waals surface area contributed by atoms with Crippen molar-refractivity contribution in [3.8, 4) is 0 Å². The maximum Gasteiger partial charge on any atom is 0.245 e. The smallest absolute Gasteiger partial charge is 0.245 e. The van der Waals surface area contributed by atoms with E-state index in [1.807, 2.05) is 0 Å². The van der Waals surface area contributed by atoms with Gasteiger partial charge in [0.1, 0.15) is 6.10 Å². The Bertz CT molecular complexity index is 45.4. The lowest BCUT2D eigenvalue weighted by atomic mass is 10.5. The molecular formula is C3H8O3Si. The van der Waals surface area contributed by atoms with Gasteiger partial charge in [0.25, 0.3) is 0 Å². The molecule has 1 atom stereocenters. The average Bonchev–Trinajstić information content (AvgIpc) is 2.52. The molecule has 1 rings (SSSR count). The standard InChI is InChI=1S/C3H6O2.H2OSi/c4-1-3-2-5-3;1-2/h3-4H,1-2H2;2H2. The summed E-state index contributed by atoms with van der Waals surface area (Å²) in [6, 6.07) is 0. The minimum absolute atomic E-state index is 0.190. The molecule has 0 radical (unpaired) electrons. The Labute approximate surface area is 44.8 Å². The Kier molecular flexibility index (Phi) is 4.07. The van der Waals surface area contributed by atoms with E-state index in [9.17, 15) is 0 Å². The summed E-state index contributed by atoms with van der Waals surface area (Å²) >= 11 is 0. The van der Waals surface area contributed by atoms with Crippen molar-refractivity contribution in [3.05, 3.63) is 0 Å². The molecule has 7 heavy (non-hydrogen) atoms. The largest absolute Gasteiger partial charge is 0.396 e. The van der Waals surface area contributed by atoms with Gasteiger partial charge in [0.05, 0.1) is 13.2 Å². The van der Waals surface area contributed by atoms with Crippen LogP contribution in [0.1, 0.15) is 0 Å². The van der Waals surface area contributed by atoms with Crippen LogP contribution in [0.25, 0.3) is 0 Å². The van der Waals surface area contributed by atoms with Gasteiger partial charge in [-0.2, -0.15) is 0 Å². The van der Waals surface area contributed by atoms with Gasteiger partial charge < -0.3 is 14.3 Å². The molecule has 0 aromatic carbocycles. The first-order chi connectivity index (χ1) is 3.43. The van der Waals surface area contributed by atoms with E-state index in [0.29, 0.717) is 10.1 Å². The molecule has 0 aromatic heterocycles. The van der Waals surface area contributed by atoms with E-state index in [1.165, 1.54) is 0 Å². The summed E-state index contributed by atoms with van der Waals surface area (Å²) in [4.78, 5) is 0. The summed E-state index contributed by atoms with van der Waals surface area (Å²) < 4.78 is 12.9. The third-order valence-corrected chi connectivity index (χ3v) is 0.606. The van der Waals surface area contributed by atoms with Crippen LogP contribution in [0.3, 0.4) is 0 Å². The predicted octanol–water partition coefficient (Wildman–Crippen LogP) is -1.66. The van der Waals surface area contributed by atoms with E-state index >= 15 is 0 Å². The van der Waals surface area contributed by atoms with Gasteiger partial charge in [-0.05, 0) is 0 Å². The second-order valence-electron chi connectivity index (χ2n) is 1.14. The summed E-state index contributed by atoms with van der Waals surface area (Å²) in [5.41, 5.74) is 0. The Balaban J connectivity index is 0.000000162. The van der Waals surface area contributed by atoms with Crippen LogP contribution in [0.15, 0.2) is 0 Å². The Morgan fingerprint density at radius 2 is 2.29 bits per heavy atom. The van der Waals surface area contributed by atoms with Crippen molar-refractivity contribution in [2.45, 2.75) is 6.10 Å². The van der Waals surface area contributed by atoms with Crippen molar-refractivity contribution in [3.63, 3.8) is 0 Å². The molecule has 1 N–H and O–H groups in total. The van der Waals surface area contributed by atoms with E-state index in [4.69, 9.17) is 9.57 Å². The zero-order chi connectivity index (χ0) is 5.70. The minimum atomic E-state index is 0.190. The van der Waals surface area contributed by atoms with Crippen molar-refractivity contribution in [1.29, 1.82) is 0 Å². The summed E-state index contributed by atoms with van der Waals surface area (Å²) in [5, 5.41) is 8.08. The molecule has 4 heteroatoms. The third kappa shape index (κ3) is 3.78. The molecule has 42 valence electrons. The molecule has 0 aliphatic carbocycles. The van der Waals surface area contributed by atoms with Crippen molar-refractivity contribution >= 4 is 10.1 Å². The van der Waals surface area contributed by atoms with Gasteiger partial charge in [0.15, 0.2) is 0 Å². The van der Waals surface area contributed by atoms with Crippen LogP contribution in [0.2, 0.25) is 0 Å². The molecule has 1 aliphatic rings. The first-order valence-corrected chi connectivity index (χ1v) is 2.52. The average molecular weight is 120 g/mol. The van der Waals surface area contributed by atoms with Crippen molar-refractivity contribution in [2.75, 3.05) is 13.2 Å². The fourth-order valence-corrected chi connectivity index (χ4v) is 0.173. The number of aliphatic hydroxyl groups excluding tert-OH is 1. The quantitative estimate of drug-likeness (QED) is 0.333. The molecule has 0 amide bonds. The Morgan fingerprint density at radius 3 is 2.29 bits per heavy atom. The Morgan fingerprint density at radius 1 is 1.86 bits per heavy atom. The van der Waals surface area contributed by atoms with E-state index in [1.54, 1.807) is 0 Å². The monoisotopic (exact) mass is 120 g/mol. The van der Waals surface area contributed by atoms with E-state index in [2.05, 4.69) is 4.74 Å². The maximum absolute atomic E-state index is 8.28. The zero-order valence-corrected chi connectivity index (χ0v) is 5.38. The molecule has 1 heterocycles. The molecule has 0 aromatic rings. The third-order valence-electron chi connectivity index (χ3n) is 0.606. The van der Waals surface area contributed by atoms with E-state index in [0.717, 1.165) is 6.61 Å². The molecule has 3 nitrogen and oxygen atoms in total. The van der Waals surface area contributed by atoms with Gasteiger partial charge in [-0.3, -0.25) is 0 Å². The van der Waals surface area contributed by atoms with Gasteiger partial charge >= 0.3 is 0 Å². The summed E-state index contributed by atoms with van der Waals surface area (Å²) in [5.74, 6) is 0. The lowest BCUT2D eigenvalue weighted by Crippen LogP contribution is -1.88. The molecule has 1 unspecified atom stereocenters. The summed E-state index contributed by atoms with van der Waals surface area (Å²) in [7, 11) is 0.611. The number of rotatable bonds is 1. The van der Waals surface area contributed by atoms with Crippen LogP contribution < -0.4 is 0 Å². The first-order valence-electron chi connectivity index (χ1n) is 1.95. The van der Waals surface area contributed by atoms with E-state index < -0.39 is 0 Å². The second-order valence-corrected chi connectivity index (χ2v) is 1.14. The van der Waals surface area contributed by atoms with Crippen LogP contribution in [0, 0.1) is 0 Å². The molecule has 1 saturated heterocycles. The van der Waals surface area contributed by atoms with Crippen LogP contribution in [0.5, 0.6) is 0 Å². The molecule has 0 spiro atoms. The number of hydrogen-bond donors (Lipinski definition) is 1. The highest BCUT2D eigenvalue weighted by atomic mass is 28.1. The van der Waals surface area contributed by atoms with Crippen LogP contribution in [0.4, 0.5) is 0 Å². The number of hydrogen-bond acceptors (Lipinski definition) is 3. The van der Waals surface area contributed by atoms with E-state index in [-0.39, 0.29) is 12.7 Å². The van der Waals surface area contributed by atoms with Crippen molar-refractivity contribution < 1.29 is 14.3 Å². The van der Waals surface area contributed by atoms with Gasteiger partial charge in [-0.25, -0.2) is 0 Å². The van der Waals surface area contributed by atoms with Gasteiger partial charge in [-0.1, -0.05) is 0 Å². The summed E-state index contributed by atoms with van der Waals surface area (Å²) in [6.07, 6.45) is 0.190. The highest BCUT2D eigenvalue weighted by Gasteiger charge is 2.19. The maximum atomic E-state index is 8.28. The van der Waals surface area contributed by atoms with Crippen LogP contribution in [-0.2, 0) is 9.20 Å². The minimum Gasteiger partial charge on any atom is -0.396 e. The molecule has 1 fully saturated rings. The molecule has 0 saturated carbocycles. The fraction of sp³-hybridized carbons (Fsp3) is 1.00. The Hall–Kier alpha value is -0.0631. The van der Waals surface area contributed by atoms with Gasteiger partial charge in [0, 0.05) is 0 Å². The predicted molar refractivity (Wildman–Crippen MR) is 26.1 cm³/mol.